The van der Waals surface area contributed by atoms with E-state index in [-0.39, 0.29) is 0 Å². The van der Waals surface area contributed by atoms with Gasteiger partial charge in [0.2, 0.25) is 5.82 Å². The van der Waals surface area contributed by atoms with Crippen LogP contribution in [0.1, 0.15) is 11.1 Å². The number of benzene rings is 2. The standard InChI is InChI=1S/C15H13ClN4O/c1-10-4-2-3-5-12(10)9-21-14-7-6-11(8-13(14)16)15-17-19-20-18-15/h2-8H,9H2,1H3,(H,17,18,19,20). The summed E-state index contributed by atoms with van der Waals surface area (Å²) < 4.78 is 5.78. The SMILES string of the molecule is Cc1ccccc1COc1ccc(-c2nn[nH]n2)cc1Cl. The summed E-state index contributed by atoms with van der Waals surface area (Å²) in [6.45, 7) is 2.54. The van der Waals surface area contributed by atoms with Gasteiger partial charge in [-0.3, -0.25) is 0 Å². The molecule has 0 fully saturated rings. The fourth-order valence-electron chi connectivity index (χ4n) is 1.97. The normalized spacial score (nSPS) is 10.6. The third kappa shape index (κ3) is 3.03. The average Bonchev–Trinajstić information content (AvgIpc) is 3.02. The molecule has 0 aliphatic carbocycles. The van der Waals surface area contributed by atoms with Crippen molar-refractivity contribution in [3.8, 4) is 17.1 Å². The van der Waals surface area contributed by atoms with Crippen LogP contribution in [0.15, 0.2) is 42.5 Å². The van der Waals surface area contributed by atoms with Gasteiger partial charge in [0.25, 0.3) is 0 Å². The maximum Gasteiger partial charge on any atom is 0.204 e. The number of aryl methyl sites for hydroxylation is 1. The summed E-state index contributed by atoms with van der Waals surface area (Å²) in [7, 11) is 0. The van der Waals surface area contributed by atoms with E-state index in [4.69, 9.17) is 16.3 Å². The van der Waals surface area contributed by atoms with Gasteiger partial charge in [0.15, 0.2) is 0 Å². The lowest BCUT2D eigenvalue weighted by atomic mass is 10.1. The Morgan fingerprint density at radius 1 is 1.19 bits per heavy atom. The van der Waals surface area contributed by atoms with E-state index >= 15 is 0 Å². The first kappa shape index (κ1) is 13.6. The molecule has 0 atom stereocenters. The zero-order valence-electron chi connectivity index (χ0n) is 11.4. The minimum absolute atomic E-state index is 0.480. The zero-order valence-corrected chi connectivity index (χ0v) is 12.1. The highest BCUT2D eigenvalue weighted by Crippen LogP contribution is 2.29. The lowest BCUT2D eigenvalue weighted by Gasteiger charge is -2.10. The first-order chi connectivity index (χ1) is 10.2. The average molecular weight is 301 g/mol. The number of aromatic amines is 1. The van der Waals surface area contributed by atoms with E-state index in [1.165, 1.54) is 5.56 Å². The Labute approximate surface area is 126 Å². The highest BCUT2D eigenvalue weighted by Gasteiger charge is 2.08. The summed E-state index contributed by atoms with van der Waals surface area (Å²) >= 11 is 6.24. The fourth-order valence-corrected chi connectivity index (χ4v) is 2.20. The van der Waals surface area contributed by atoms with E-state index in [1.54, 1.807) is 6.07 Å². The van der Waals surface area contributed by atoms with Gasteiger partial charge >= 0.3 is 0 Å². The van der Waals surface area contributed by atoms with Gasteiger partial charge in [0.1, 0.15) is 12.4 Å². The molecule has 106 valence electrons. The Kier molecular flexibility index (Phi) is 3.83. The van der Waals surface area contributed by atoms with Crippen molar-refractivity contribution in [3.05, 3.63) is 58.6 Å². The van der Waals surface area contributed by atoms with Gasteiger partial charge in [-0.1, -0.05) is 35.9 Å². The Morgan fingerprint density at radius 3 is 2.76 bits per heavy atom. The van der Waals surface area contributed by atoms with Crippen LogP contribution < -0.4 is 4.74 Å². The molecule has 1 aromatic heterocycles. The lowest BCUT2D eigenvalue weighted by Crippen LogP contribution is -1.98. The molecule has 0 spiro atoms. The molecule has 0 saturated carbocycles. The molecule has 0 aliphatic heterocycles. The highest BCUT2D eigenvalue weighted by molar-refractivity contribution is 6.32. The van der Waals surface area contributed by atoms with Gasteiger partial charge in [-0.2, -0.15) is 5.21 Å². The summed E-state index contributed by atoms with van der Waals surface area (Å²) in [5.41, 5.74) is 3.12. The Hall–Kier alpha value is -2.40. The minimum Gasteiger partial charge on any atom is -0.487 e. The molecule has 0 saturated heterocycles. The highest BCUT2D eigenvalue weighted by atomic mass is 35.5. The lowest BCUT2D eigenvalue weighted by molar-refractivity contribution is 0.305. The Balaban J connectivity index is 1.76. The first-order valence-corrected chi connectivity index (χ1v) is 6.82. The molecule has 3 rings (SSSR count). The second kappa shape index (κ2) is 5.93. The van der Waals surface area contributed by atoms with Crippen LogP contribution >= 0.6 is 11.6 Å². The van der Waals surface area contributed by atoms with Crippen LogP contribution in [0.2, 0.25) is 5.02 Å². The molecule has 5 nitrogen and oxygen atoms in total. The van der Waals surface area contributed by atoms with E-state index in [2.05, 4.69) is 33.6 Å². The van der Waals surface area contributed by atoms with Gasteiger partial charge in [-0.05, 0) is 41.5 Å². The van der Waals surface area contributed by atoms with E-state index in [0.29, 0.717) is 23.2 Å². The molecular formula is C15H13ClN4O. The molecule has 0 amide bonds. The topological polar surface area (TPSA) is 63.7 Å². The Morgan fingerprint density at radius 2 is 2.05 bits per heavy atom. The van der Waals surface area contributed by atoms with Crippen LogP contribution in [0.4, 0.5) is 0 Å². The number of halogens is 1. The van der Waals surface area contributed by atoms with Crippen molar-refractivity contribution in [1.82, 2.24) is 20.6 Å². The van der Waals surface area contributed by atoms with Gasteiger partial charge in [0, 0.05) is 5.56 Å². The van der Waals surface area contributed by atoms with Crippen LogP contribution in [0, 0.1) is 6.92 Å². The van der Waals surface area contributed by atoms with Gasteiger partial charge < -0.3 is 4.74 Å². The molecule has 0 unspecified atom stereocenters. The second-order valence-electron chi connectivity index (χ2n) is 4.60. The second-order valence-corrected chi connectivity index (χ2v) is 5.00. The third-order valence-corrected chi connectivity index (χ3v) is 3.48. The number of nitrogens with zero attached hydrogens (tertiary/aromatic N) is 3. The number of aromatic nitrogens is 4. The van der Waals surface area contributed by atoms with Gasteiger partial charge in [-0.15, -0.1) is 10.2 Å². The van der Waals surface area contributed by atoms with Crippen molar-refractivity contribution in [2.75, 3.05) is 0 Å². The predicted octanol–water partition coefficient (Wildman–Crippen LogP) is 3.41. The van der Waals surface area contributed by atoms with Crippen molar-refractivity contribution >= 4 is 11.6 Å². The van der Waals surface area contributed by atoms with Crippen LogP contribution in [0.25, 0.3) is 11.4 Å². The largest absolute Gasteiger partial charge is 0.487 e. The summed E-state index contributed by atoms with van der Waals surface area (Å²) in [6, 6.07) is 13.5. The van der Waals surface area contributed by atoms with Crippen molar-refractivity contribution in [2.24, 2.45) is 0 Å². The molecule has 21 heavy (non-hydrogen) atoms. The van der Waals surface area contributed by atoms with Crippen LogP contribution in [-0.4, -0.2) is 20.6 Å². The van der Waals surface area contributed by atoms with E-state index in [0.717, 1.165) is 11.1 Å². The third-order valence-electron chi connectivity index (χ3n) is 3.18. The summed E-state index contributed by atoms with van der Waals surface area (Å²) in [4.78, 5) is 0. The molecule has 3 aromatic rings. The summed E-state index contributed by atoms with van der Waals surface area (Å²) in [6.07, 6.45) is 0. The maximum absolute atomic E-state index is 6.24. The van der Waals surface area contributed by atoms with E-state index in [9.17, 15) is 0 Å². The molecule has 0 bridgehead atoms. The smallest absolute Gasteiger partial charge is 0.204 e. The molecule has 1 N–H and O–H groups in total. The predicted molar refractivity (Wildman–Crippen MR) is 80.1 cm³/mol. The van der Waals surface area contributed by atoms with Crippen molar-refractivity contribution in [3.63, 3.8) is 0 Å². The molecule has 0 radical (unpaired) electrons. The van der Waals surface area contributed by atoms with Crippen molar-refractivity contribution in [1.29, 1.82) is 0 Å². The van der Waals surface area contributed by atoms with E-state index < -0.39 is 0 Å². The number of ether oxygens (including phenoxy) is 1. The summed E-state index contributed by atoms with van der Waals surface area (Å²) in [5, 5.41) is 14.3. The van der Waals surface area contributed by atoms with Crippen LogP contribution in [-0.2, 0) is 6.61 Å². The number of nitrogens with one attached hydrogen (secondary N) is 1. The number of hydrogen-bond donors (Lipinski definition) is 1. The number of H-pyrrole nitrogens is 1. The number of tetrazole rings is 1. The molecular weight excluding hydrogens is 288 g/mol. The monoisotopic (exact) mass is 300 g/mol. The fraction of sp³-hybridized carbons (Fsp3) is 0.133. The number of rotatable bonds is 4. The van der Waals surface area contributed by atoms with Crippen molar-refractivity contribution < 1.29 is 4.74 Å². The molecule has 6 heteroatoms. The zero-order chi connectivity index (χ0) is 14.7. The molecule has 0 aliphatic rings. The quantitative estimate of drug-likeness (QED) is 0.802. The molecule has 2 aromatic carbocycles. The van der Waals surface area contributed by atoms with Crippen LogP contribution in [0.3, 0.4) is 0 Å². The van der Waals surface area contributed by atoms with Gasteiger partial charge in [0.05, 0.1) is 5.02 Å². The first-order valence-electron chi connectivity index (χ1n) is 6.45. The molecule has 1 heterocycles. The van der Waals surface area contributed by atoms with Gasteiger partial charge in [-0.25, -0.2) is 0 Å². The maximum atomic E-state index is 6.24. The summed E-state index contributed by atoms with van der Waals surface area (Å²) in [5.74, 6) is 1.13. The number of hydrogen-bond acceptors (Lipinski definition) is 4. The van der Waals surface area contributed by atoms with Crippen molar-refractivity contribution in [2.45, 2.75) is 13.5 Å². The van der Waals surface area contributed by atoms with E-state index in [1.807, 2.05) is 30.3 Å². The minimum atomic E-state index is 0.480. The van der Waals surface area contributed by atoms with Crippen LogP contribution in [0.5, 0.6) is 5.75 Å². The Bertz CT molecular complexity index is 743.